The lowest BCUT2D eigenvalue weighted by Gasteiger charge is -2.02. The maximum Gasteiger partial charge on any atom is 0.359 e. The Morgan fingerprint density at radius 1 is 1.78 bits per heavy atom. The molecule has 1 rings (SSSR count). The van der Waals surface area contributed by atoms with Gasteiger partial charge in [0.25, 0.3) is 0 Å². The predicted octanol–water partition coefficient (Wildman–Crippen LogP) is 0.563. The second-order valence-corrected chi connectivity index (χ2v) is 3.98. The van der Waals surface area contributed by atoms with E-state index < -0.39 is 13.4 Å². The van der Waals surface area contributed by atoms with E-state index in [1.165, 1.54) is 7.11 Å². The Kier molecular flexibility index (Phi) is 1.65. The zero-order chi connectivity index (χ0) is 7.07. The van der Waals surface area contributed by atoms with Gasteiger partial charge in [0.05, 0.1) is 6.10 Å². The molecule has 0 saturated carbocycles. The zero-order valence-corrected chi connectivity index (χ0v) is 6.17. The van der Waals surface area contributed by atoms with Gasteiger partial charge < -0.3 is 14.2 Å². The zero-order valence-electron chi connectivity index (χ0n) is 5.27. The van der Waals surface area contributed by atoms with Crippen molar-refractivity contribution in [3.05, 3.63) is 0 Å². The molecule has 9 heavy (non-hydrogen) atoms. The first-order valence-corrected chi connectivity index (χ1v) is 4.26. The SMILES string of the molecule is COP(=O)(O)[C@@H]1O[C@@H]1C. The van der Waals surface area contributed by atoms with E-state index in [2.05, 4.69) is 4.52 Å². The molecule has 54 valence electrons. The lowest BCUT2D eigenvalue weighted by Crippen LogP contribution is -1.93. The Bertz CT molecular complexity index is 157. The number of ether oxygens (including phenoxy) is 1. The molecule has 1 aliphatic heterocycles. The van der Waals surface area contributed by atoms with E-state index in [4.69, 9.17) is 9.63 Å². The topological polar surface area (TPSA) is 59.1 Å². The summed E-state index contributed by atoms with van der Waals surface area (Å²) in [5.74, 6) is -0.581. The van der Waals surface area contributed by atoms with Gasteiger partial charge in [-0.05, 0) is 6.92 Å². The maximum absolute atomic E-state index is 10.8. The molecule has 0 spiro atoms. The molecule has 1 saturated heterocycles. The predicted molar refractivity (Wildman–Crippen MR) is 31.2 cm³/mol. The van der Waals surface area contributed by atoms with E-state index >= 15 is 0 Å². The Hall–Kier alpha value is 0.110. The van der Waals surface area contributed by atoms with Crippen molar-refractivity contribution in [1.82, 2.24) is 0 Å². The van der Waals surface area contributed by atoms with E-state index in [-0.39, 0.29) is 6.10 Å². The third-order valence-electron chi connectivity index (χ3n) is 1.26. The molecule has 1 N–H and O–H groups in total. The fourth-order valence-electron chi connectivity index (χ4n) is 0.621. The van der Waals surface area contributed by atoms with Gasteiger partial charge in [-0.1, -0.05) is 0 Å². The van der Waals surface area contributed by atoms with Gasteiger partial charge in [0.15, 0.2) is 5.85 Å². The lowest BCUT2D eigenvalue weighted by atomic mass is 10.6. The highest BCUT2D eigenvalue weighted by Crippen LogP contribution is 2.56. The lowest BCUT2D eigenvalue weighted by molar-refractivity contribution is 0.291. The molecular formula is C4H9O4P. The van der Waals surface area contributed by atoms with Crippen molar-refractivity contribution >= 4 is 7.60 Å². The molecule has 0 aliphatic carbocycles. The van der Waals surface area contributed by atoms with Gasteiger partial charge in [-0.25, -0.2) is 0 Å². The van der Waals surface area contributed by atoms with Gasteiger partial charge in [0.1, 0.15) is 0 Å². The first-order valence-electron chi connectivity index (χ1n) is 2.61. The summed E-state index contributed by atoms with van der Waals surface area (Å²) in [4.78, 5) is 8.84. The van der Waals surface area contributed by atoms with Gasteiger partial charge >= 0.3 is 7.60 Å². The molecule has 0 aromatic heterocycles. The summed E-state index contributed by atoms with van der Waals surface area (Å²) in [7, 11) is -2.21. The molecule has 5 heteroatoms. The molecular weight excluding hydrogens is 143 g/mol. The summed E-state index contributed by atoms with van der Waals surface area (Å²) in [5, 5.41) is 0. The minimum Gasteiger partial charge on any atom is -0.356 e. The van der Waals surface area contributed by atoms with Crippen molar-refractivity contribution in [2.24, 2.45) is 0 Å². The fourth-order valence-corrected chi connectivity index (χ4v) is 1.70. The van der Waals surface area contributed by atoms with E-state index in [1.54, 1.807) is 6.92 Å². The summed E-state index contributed by atoms with van der Waals surface area (Å²) in [6.07, 6.45) is -0.124. The molecule has 1 fully saturated rings. The van der Waals surface area contributed by atoms with Crippen LogP contribution in [0.25, 0.3) is 0 Å². The highest BCUT2D eigenvalue weighted by Gasteiger charge is 2.49. The number of rotatable bonds is 2. The second kappa shape index (κ2) is 2.06. The molecule has 0 radical (unpaired) electrons. The first-order chi connectivity index (χ1) is 4.08. The maximum atomic E-state index is 10.8. The first kappa shape index (κ1) is 7.22. The highest BCUT2D eigenvalue weighted by atomic mass is 31.2. The van der Waals surface area contributed by atoms with Crippen molar-refractivity contribution in [3.63, 3.8) is 0 Å². The van der Waals surface area contributed by atoms with Crippen LogP contribution in [0.5, 0.6) is 0 Å². The van der Waals surface area contributed by atoms with Gasteiger partial charge in [0, 0.05) is 7.11 Å². The van der Waals surface area contributed by atoms with E-state index in [1.807, 2.05) is 0 Å². The molecule has 0 aromatic carbocycles. The van der Waals surface area contributed by atoms with Crippen LogP contribution in [0.15, 0.2) is 0 Å². The summed E-state index contributed by atoms with van der Waals surface area (Å²) in [6, 6.07) is 0. The third kappa shape index (κ3) is 1.33. The van der Waals surface area contributed by atoms with E-state index in [9.17, 15) is 4.57 Å². The Morgan fingerprint density at radius 2 is 2.22 bits per heavy atom. The van der Waals surface area contributed by atoms with Gasteiger partial charge in [0.2, 0.25) is 0 Å². The third-order valence-corrected chi connectivity index (χ3v) is 2.97. The Balaban J connectivity index is 2.52. The normalized spacial score (nSPS) is 39.9. The number of hydrogen-bond acceptors (Lipinski definition) is 3. The molecule has 0 aromatic rings. The largest absolute Gasteiger partial charge is 0.359 e. The smallest absolute Gasteiger partial charge is 0.356 e. The van der Waals surface area contributed by atoms with Crippen LogP contribution in [0.1, 0.15) is 6.92 Å². The second-order valence-electron chi connectivity index (χ2n) is 1.98. The van der Waals surface area contributed by atoms with E-state index in [0.717, 1.165) is 0 Å². The minimum atomic E-state index is -3.41. The fraction of sp³-hybridized carbons (Fsp3) is 1.00. The number of epoxide rings is 1. The van der Waals surface area contributed by atoms with Crippen LogP contribution >= 0.6 is 7.60 Å². The van der Waals surface area contributed by atoms with Crippen LogP contribution in [0.4, 0.5) is 0 Å². The van der Waals surface area contributed by atoms with Crippen molar-refractivity contribution in [2.75, 3.05) is 7.11 Å². The van der Waals surface area contributed by atoms with E-state index in [0.29, 0.717) is 0 Å². The van der Waals surface area contributed by atoms with Crippen LogP contribution in [0.2, 0.25) is 0 Å². The summed E-state index contributed by atoms with van der Waals surface area (Å²) in [5.41, 5.74) is 0. The molecule has 4 nitrogen and oxygen atoms in total. The van der Waals surface area contributed by atoms with Crippen LogP contribution in [0, 0.1) is 0 Å². The molecule has 1 unspecified atom stereocenters. The van der Waals surface area contributed by atoms with Crippen LogP contribution in [-0.2, 0) is 13.8 Å². The molecule has 3 atom stereocenters. The summed E-state index contributed by atoms with van der Waals surface area (Å²) >= 11 is 0. The average Bonchev–Trinajstić information content (AvgIpc) is 2.47. The number of hydrogen-bond donors (Lipinski definition) is 1. The molecule has 0 amide bonds. The Morgan fingerprint density at radius 3 is 2.33 bits per heavy atom. The van der Waals surface area contributed by atoms with Crippen molar-refractivity contribution in [2.45, 2.75) is 18.9 Å². The average molecular weight is 152 g/mol. The molecule has 1 heterocycles. The van der Waals surface area contributed by atoms with Crippen LogP contribution in [-0.4, -0.2) is 24.0 Å². The van der Waals surface area contributed by atoms with Crippen molar-refractivity contribution in [3.8, 4) is 0 Å². The molecule has 1 aliphatic rings. The monoisotopic (exact) mass is 152 g/mol. The highest BCUT2D eigenvalue weighted by molar-refractivity contribution is 7.53. The summed E-state index contributed by atoms with van der Waals surface area (Å²) in [6.45, 7) is 1.73. The standard InChI is InChI=1S/C4H9O4P/c1-3-4(8-3)9(5,6)7-2/h3-4H,1-2H3,(H,5,6)/t3-,4+/m1/s1. The molecule has 0 bridgehead atoms. The van der Waals surface area contributed by atoms with Crippen molar-refractivity contribution < 1.29 is 18.7 Å². The minimum absolute atomic E-state index is 0.124. The quantitative estimate of drug-likeness (QED) is 0.464. The van der Waals surface area contributed by atoms with Crippen LogP contribution < -0.4 is 0 Å². The van der Waals surface area contributed by atoms with Gasteiger partial charge in [-0.3, -0.25) is 4.57 Å². The van der Waals surface area contributed by atoms with Gasteiger partial charge in [-0.2, -0.15) is 0 Å². The van der Waals surface area contributed by atoms with Crippen molar-refractivity contribution in [1.29, 1.82) is 0 Å². The van der Waals surface area contributed by atoms with Gasteiger partial charge in [-0.15, -0.1) is 0 Å². The summed E-state index contributed by atoms with van der Waals surface area (Å²) < 4.78 is 19.8. The Labute approximate surface area is 53.3 Å². The van der Waals surface area contributed by atoms with Crippen LogP contribution in [0.3, 0.4) is 0 Å².